The van der Waals surface area contributed by atoms with Crippen molar-refractivity contribution in [3.63, 3.8) is 0 Å². The van der Waals surface area contributed by atoms with E-state index in [1.165, 1.54) is 11.0 Å². The maximum absolute atomic E-state index is 11.4. The van der Waals surface area contributed by atoms with Crippen molar-refractivity contribution in [3.05, 3.63) is 29.6 Å². The van der Waals surface area contributed by atoms with E-state index in [-0.39, 0.29) is 5.91 Å². The van der Waals surface area contributed by atoms with Crippen molar-refractivity contribution in [3.8, 4) is 5.75 Å². The average molecular weight is 292 g/mol. The second kappa shape index (κ2) is 8.04. The van der Waals surface area contributed by atoms with Gasteiger partial charge >= 0.3 is 5.97 Å². The Morgan fingerprint density at radius 3 is 2.71 bits per heavy atom. The van der Waals surface area contributed by atoms with Crippen LogP contribution in [0.1, 0.15) is 24.2 Å². The number of nitrogens with zero attached hydrogens (tertiary/aromatic N) is 2. The summed E-state index contributed by atoms with van der Waals surface area (Å²) in [5.74, 6) is -0.483. The number of hydrogen-bond donors (Lipinski definition) is 1. The van der Waals surface area contributed by atoms with Gasteiger partial charge in [0.15, 0.2) is 0 Å². The fraction of sp³-hybridized carbons (Fsp3) is 0.400. The van der Waals surface area contributed by atoms with Crippen LogP contribution in [0.2, 0.25) is 0 Å². The molecule has 0 aromatic carbocycles. The molecule has 1 heterocycles. The summed E-state index contributed by atoms with van der Waals surface area (Å²) >= 11 is 0. The highest BCUT2D eigenvalue weighted by Gasteiger charge is 2.06. The molecule has 0 spiro atoms. The minimum absolute atomic E-state index is 0.0478. The summed E-state index contributed by atoms with van der Waals surface area (Å²) in [6.45, 7) is 2.19. The molecule has 6 heteroatoms. The molecule has 0 atom stereocenters. The van der Waals surface area contributed by atoms with Crippen LogP contribution in [0.25, 0.3) is 6.08 Å². The Kier molecular flexibility index (Phi) is 6.39. The first-order valence-corrected chi connectivity index (χ1v) is 6.61. The number of aliphatic carboxylic acids is 1. The topological polar surface area (TPSA) is 79.7 Å². The summed E-state index contributed by atoms with van der Waals surface area (Å²) in [7, 11) is 3.42. The Bertz CT molecular complexity index is 538. The van der Waals surface area contributed by atoms with E-state index < -0.39 is 5.97 Å². The van der Waals surface area contributed by atoms with E-state index in [0.29, 0.717) is 30.9 Å². The van der Waals surface area contributed by atoms with Gasteiger partial charge in [-0.2, -0.15) is 0 Å². The molecule has 1 rings (SSSR count). The molecule has 0 fully saturated rings. The molecule has 1 amide bonds. The van der Waals surface area contributed by atoms with Crippen LogP contribution in [0.5, 0.6) is 5.75 Å². The summed E-state index contributed by atoms with van der Waals surface area (Å²) in [5.41, 5.74) is 1.24. The molecular weight excluding hydrogens is 272 g/mol. The maximum Gasteiger partial charge on any atom is 0.328 e. The Morgan fingerprint density at radius 2 is 2.10 bits per heavy atom. The van der Waals surface area contributed by atoms with Gasteiger partial charge in [-0.05, 0) is 31.6 Å². The van der Waals surface area contributed by atoms with Gasteiger partial charge in [0.05, 0.1) is 6.61 Å². The summed E-state index contributed by atoms with van der Waals surface area (Å²) in [6.07, 6.45) is 3.42. The van der Waals surface area contributed by atoms with Crippen LogP contribution < -0.4 is 4.74 Å². The maximum atomic E-state index is 11.4. The smallest absolute Gasteiger partial charge is 0.328 e. The predicted molar refractivity (Wildman–Crippen MR) is 79.1 cm³/mol. The van der Waals surface area contributed by atoms with E-state index in [1.54, 1.807) is 26.2 Å². The molecule has 0 saturated carbocycles. The van der Waals surface area contributed by atoms with Crippen LogP contribution in [-0.2, 0) is 9.59 Å². The van der Waals surface area contributed by atoms with Gasteiger partial charge in [-0.3, -0.25) is 4.79 Å². The van der Waals surface area contributed by atoms with Gasteiger partial charge in [0.25, 0.3) is 0 Å². The number of carbonyl (C=O) groups is 2. The molecule has 6 nitrogen and oxygen atoms in total. The Morgan fingerprint density at radius 1 is 1.38 bits per heavy atom. The van der Waals surface area contributed by atoms with Gasteiger partial charge < -0.3 is 14.7 Å². The van der Waals surface area contributed by atoms with Crippen LogP contribution in [-0.4, -0.2) is 47.6 Å². The lowest BCUT2D eigenvalue weighted by molar-refractivity contribution is -0.131. The van der Waals surface area contributed by atoms with E-state index in [9.17, 15) is 9.59 Å². The fourth-order valence-electron chi connectivity index (χ4n) is 1.58. The van der Waals surface area contributed by atoms with Crippen molar-refractivity contribution >= 4 is 18.0 Å². The second-order valence-electron chi connectivity index (χ2n) is 4.75. The zero-order valence-corrected chi connectivity index (χ0v) is 12.5. The van der Waals surface area contributed by atoms with E-state index in [1.807, 2.05) is 6.92 Å². The third kappa shape index (κ3) is 6.07. The minimum Gasteiger partial charge on any atom is -0.491 e. The number of aromatic nitrogens is 1. The quantitative estimate of drug-likeness (QED) is 0.611. The normalized spacial score (nSPS) is 10.6. The lowest BCUT2D eigenvalue weighted by Crippen LogP contribution is -2.21. The number of amides is 1. The van der Waals surface area contributed by atoms with Crippen LogP contribution >= 0.6 is 0 Å². The molecule has 1 N–H and O–H groups in total. The minimum atomic E-state index is -1.04. The molecule has 1 aromatic heterocycles. The van der Waals surface area contributed by atoms with Crippen molar-refractivity contribution < 1.29 is 19.4 Å². The van der Waals surface area contributed by atoms with Crippen molar-refractivity contribution in [2.75, 3.05) is 20.7 Å². The molecule has 1 aromatic rings. The largest absolute Gasteiger partial charge is 0.491 e. The number of hydrogen-bond acceptors (Lipinski definition) is 4. The molecular formula is C15H20N2O4. The lowest BCUT2D eigenvalue weighted by Gasteiger charge is -2.11. The molecule has 0 aliphatic heterocycles. The first-order valence-electron chi connectivity index (χ1n) is 6.61. The van der Waals surface area contributed by atoms with Crippen LogP contribution in [0.15, 0.2) is 18.2 Å². The van der Waals surface area contributed by atoms with Crippen LogP contribution in [0, 0.1) is 6.92 Å². The number of pyridine rings is 1. The molecule has 0 bridgehead atoms. The summed E-state index contributed by atoms with van der Waals surface area (Å²) in [5, 5.41) is 8.66. The lowest BCUT2D eigenvalue weighted by atomic mass is 10.2. The molecule has 0 aliphatic carbocycles. The van der Waals surface area contributed by atoms with E-state index >= 15 is 0 Å². The monoisotopic (exact) mass is 292 g/mol. The number of carboxylic acid groups (broad SMARTS) is 1. The predicted octanol–water partition coefficient (Wildman–Crippen LogP) is 1.74. The summed E-state index contributed by atoms with van der Waals surface area (Å²) < 4.78 is 5.58. The first-order chi connectivity index (χ1) is 9.90. The molecule has 0 unspecified atom stereocenters. The molecule has 21 heavy (non-hydrogen) atoms. The highest BCUT2D eigenvalue weighted by Crippen LogP contribution is 2.19. The summed E-state index contributed by atoms with van der Waals surface area (Å²) in [6, 6.07) is 3.54. The first kappa shape index (κ1) is 16.7. The molecule has 0 aliphatic rings. The van der Waals surface area contributed by atoms with Gasteiger partial charge in [0.1, 0.15) is 11.4 Å². The van der Waals surface area contributed by atoms with Crippen LogP contribution in [0.3, 0.4) is 0 Å². The SMILES string of the molecule is Cc1ccc(OCCCC(=O)N(C)C)c(C=CC(=O)O)n1. The number of aryl methyl sites for hydroxylation is 1. The standard InChI is InChI=1S/C15H20N2O4/c1-11-6-8-13(12(16-11)7-9-15(19)20)21-10-4-5-14(18)17(2)3/h6-9H,4-5,10H2,1-3H3,(H,19,20). The number of ether oxygens (including phenoxy) is 1. The zero-order chi connectivity index (χ0) is 15.8. The van der Waals surface area contributed by atoms with Crippen molar-refractivity contribution in [2.45, 2.75) is 19.8 Å². The third-order valence-corrected chi connectivity index (χ3v) is 2.70. The number of carbonyl (C=O) groups excluding carboxylic acids is 1. The Hall–Kier alpha value is -2.37. The van der Waals surface area contributed by atoms with Crippen molar-refractivity contribution in [1.29, 1.82) is 0 Å². The van der Waals surface area contributed by atoms with Gasteiger partial charge in [-0.1, -0.05) is 0 Å². The molecule has 0 saturated heterocycles. The number of rotatable bonds is 7. The van der Waals surface area contributed by atoms with Gasteiger partial charge in [-0.15, -0.1) is 0 Å². The highest BCUT2D eigenvalue weighted by molar-refractivity contribution is 5.85. The van der Waals surface area contributed by atoms with E-state index in [2.05, 4.69) is 4.98 Å². The van der Waals surface area contributed by atoms with Crippen molar-refractivity contribution in [1.82, 2.24) is 9.88 Å². The fourth-order valence-corrected chi connectivity index (χ4v) is 1.58. The summed E-state index contributed by atoms with van der Waals surface area (Å²) in [4.78, 5) is 27.8. The third-order valence-electron chi connectivity index (χ3n) is 2.70. The Balaban J connectivity index is 2.62. The van der Waals surface area contributed by atoms with Gasteiger partial charge in [0, 0.05) is 32.3 Å². The highest BCUT2D eigenvalue weighted by atomic mass is 16.5. The van der Waals surface area contributed by atoms with Crippen LogP contribution in [0.4, 0.5) is 0 Å². The van der Waals surface area contributed by atoms with Crippen molar-refractivity contribution in [2.24, 2.45) is 0 Å². The average Bonchev–Trinajstić information content (AvgIpc) is 2.42. The van der Waals surface area contributed by atoms with E-state index in [0.717, 1.165) is 11.8 Å². The Labute approximate surface area is 124 Å². The van der Waals surface area contributed by atoms with E-state index in [4.69, 9.17) is 9.84 Å². The molecule has 114 valence electrons. The second-order valence-corrected chi connectivity index (χ2v) is 4.75. The van der Waals surface area contributed by atoms with Gasteiger partial charge in [0.2, 0.25) is 5.91 Å². The zero-order valence-electron chi connectivity index (χ0n) is 12.5. The number of carboxylic acids is 1. The molecule has 0 radical (unpaired) electrons. The van der Waals surface area contributed by atoms with Gasteiger partial charge in [-0.25, -0.2) is 9.78 Å².